The summed E-state index contributed by atoms with van der Waals surface area (Å²) in [7, 11) is 0. The fourth-order valence-corrected chi connectivity index (χ4v) is 12.5. The van der Waals surface area contributed by atoms with Crippen LogP contribution in [0.1, 0.15) is 190 Å². The highest BCUT2D eigenvalue weighted by atomic mass is 16.7. The van der Waals surface area contributed by atoms with Crippen LogP contribution in [0.15, 0.2) is 60.3 Å². The Labute approximate surface area is 384 Å². The van der Waals surface area contributed by atoms with Gasteiger partial charge in [0.1, 0.15) is 31.0 Å². The largest absolute Gasteiger partial charge is 0.463 e. The molecule has 63 heavy (non-hydrogen) atoms. The summed E-state index contributed by atoms with van der Waals surface area (Å²) in [4.78, 5) is 12.6. The average Bonchev–Trinajstić information content (AvgIpc) is 3.63. The van der Waals surface area contributed by atoms with E-state index in [1.54, 1.807) is 0 Å². The van der Waals surface area contributed by atoms with Crippen molar-refractivity contribution >= 4 is 5.97 Å². The third-order valence-electron chi connectivity index (χ3n) is 17.0. The first-order valence-electron chi connectivity index (χ1n) is 26.1. The van der Waals surface area contributed by atoms with Gasteiger partial charge in [-0.05, 0) is 149 Å². The maximum absolute atomic E-state index is 12.6. The Kier molecular flexibility index (Phi) is 21.2. The molecule has 0 radical (unpaired) electrons. The van der Waals surface area contributed by atoms with Gasteiger partial charge < -0.3 is 29.5 Å². The van der Waals surface area contributed by atoms with E-state index in [0.29, 0.717) is 35.5 Å². The minimum absolute atomic E-state index is 0.152. The van der Waals surface area contributed by atoms with Gasteiger partial charge in [0, 0.05) is 6.42 Å². The molecule has 0 aromatic rings. The highest BCUT2D eigenvalue weighted by Gasteiger charge is 2.59. The average molecular weight is 877 g/mol. The van der Waals surface area contributed by atoms with Gasteiger partial charge in [0.25, 0.3) is 0 Å². The molecule has 0 aromatic heterocycles. The number of fused-ring (bicyclic) bond motifs is 5. The van der Waals surface area contributed by atoms with Crippen molar-refractivity contribution < 1.29 is 34.3 Å². The summed E-state index contributed by atoms with van der Waals surface area (Å²) >= 11 is 0. The molecule has 3 N–H and O–H groups in total. The van der Waals surface area contributed by atoms with E-state index in [1.807, 2.05) is 0 Å². The summed E-state index contributed by atoms with van der Waals surface area (Å²) in [5, 5.41) is 32.6. The van der Waals surface area contributed by atoms with E-state index in [-0.39, 0.29) is 24.1 Å². The Balaban J connectivity index is 0.982. The molecule has 1 saturated heterocycles. The number of unbranched alkanes of at least 4 members (excludes halogenated alkanes) is 9. The lowest BCUT2D eigenvalue weighted by molar-refractivity contribution is -0.313. The van der Waals surface area contributed by atoms with E-state index >= 15 is 0 Å². The molecule has 1 heterocycles. The second-order valence-corrected chi connectivity index (χ2v) is 21.6. The number of hydrogen-bond donors (Lipinski definition) is 3. The molecule has 14 unspecified atom stereocenters. The summed E-state index contributed by atoms with van der Waals surface area (Å²) in [5.41, 5.74) is 2.04. The van der Waals surface area contributed by atoms with Crippen LogP contribution in [0.2, 0.25) is 0 Å². The second-order valence-electron chi connectivity index (χ2n) is 21.6. The molecule has 1 aliphatic heterocycles. The molecule has 7 heteroatoms. The normalized spacial score (nSPS) is 35.6. The summed E-state index contributed by atoms with van der Waals surface area (Å²) in [6.45, 7) is 16.6. The van der Waals surface area contributed by atoms with Gasteiger partial charge in [-0.3, -0.25) is 4.79 Å². The number of allylic oxidation sites excluding steroid dienone is 9. The lowest BCUT2D eigenvalue weighted by atomic mass is 9.47. The third kappa shape index (κ3) is 14.2. The first kappa shape index (κ1) is 51.9. The summed E-state index contributed by atoms with van der Waals surface area (Å²) in [6, 6.07) is 0. The molecule has 0 aromatic carbocycles. The molecule has 14 atom stereocenters. The van der Waals surface area contributed by atoms with Crippen LogP contribution in [0.4, 0.5) is 0 Å². The van der Waals surface area contributed by atoms with Crippen LogP contribution in [0.3, 0.4) is 0 Å². The molecule has 3 saturated carbocycles. The van der Waals surface area contributed by atoms with Gasteiger partial charge in [-0.15, -0.1) is 0 Å². The topological polar surface area (TPSA) is 105 Å². The fraction of sp³-hybridized carbons (Fsp3) is 0.804. The van der Waals surface area contributed by atoms with Crippen LogP contribution in [0, 0.1) is 52.3 Å². The number of carbonyl (C=O) groups is 1. The van der Waals surface area contributed by atoms with Crippen molar-refractivity contribution in [3.05, 3.63) is 60.3 Å². The maximum atomic E-state index is 12.6. The van der Waals surface area contributed by atoms with Crippen LogP contribution in [0.5, 0.6) is 0 Å². The molecular weight excluding hydrogens is 785 g/mol. The Hall–Kier alpha value is -2.03. The first-order valence-corrected chi connectivity index (χ1v) is 26.1. The molecular formula is C56H92O7. The quantitative estimate of drug-likeness (QED) is 0.0476. The zero-order valence-electron chi connectivity index (χ0n) is 40.9. The Morgan fingerprint density at radius 2 is 1.44 bits per heavy atom. The minimum atomic E-state index is -1.45. The van der Waals surface area contributed by atoms with E-state index in [9.17, 15) is 20.1 Å². The number of aliphatic hydroxyl groups is 3. The summed E-state index contributed by atoms with van der Waals surface area (Å²) < 4.78 is 18.0. The van der Waals surface area contributed by atoms with Gasteiger partial charge in [-0.2, -0.15) is 0 Å². The molecule has 358 valence electrons. The third-order valence-corrected chi connectivity index (χ3v) is 17.0. The van der Waals surface area contributed by atoms with Gasteiger partial charge >= 0.3 is 5.97 Å². The highest BCUT2D eigenvalue weighted by molar-refractivity contribution is 5.69. The summed E-state index contributed by atoms with van der Waals surface area (Å²) in [6.07, 6.45) is 38.7. The zero-order chi connectivity index (χ0) is 45.4. The molecule has 0 spiro atoms. The van der Waals surface area contributed by atoms with Crippen molar-refractivity contribution in [2.45, 2.75) is 227 Å². The molecule has 0 bridgehead atoms. The standard InChI is InChI=1S/C56H92O7/c1-8-9-10-11-12-13-14-15-16-17-18-19-20-21-22-23-24-25-26-27-50(57)61-39-49-51(58)52(59)53(60)54(63-49)62-44-34-36-55(6)43(38-44)30-31-45-47-33-32-46(56(47,7)37-35-48(45)55)42(5)29-28-41(4)40(2)3/h12-13,15-16,18-19,28-30,40-42,44-49,51-54,58-60H,8-11,14,17,20-27,31-39H2,1-7H3/b13-12-,16-15-,19-18-,29-28+. The smallest absolute Gasteiger partial charge is 0.305 e. The van der Waals surface area contributed by atoms with Crippen molar-refractivity contribution in [3.63, 3.8) is 0 Å². The predicted molar refractivity (Wildman–Crippen MR) is 258 cm³/mol. The van der Waals surface area contributed by atoms with E-state index in [0.717, 1.165) is 88.4 Å². The van der Waals surface area contributed by atoms with Gasteiger partial charge in [0.15, 0.2) is 6.29 Å². The lowest BCUT2D eigenvalue weighted by Gasteiger charge is -2.58. The number of esters is 1. The van der Waals surface area contributed by atoms with Crippen LogP contribution >= 0.6 is 0 Å². The highest BCUT2D eigenvalue weighted by Crippen LogP contribution is 2.67. The van der Waals surface area contributed by atoms with Gasteiger partial charge in [-0.25, -0.2) is 0 Å². The van der Waals surface area contributed by atoms with E-state index in [2.05, 4.69) is 103 Å². The molecule has 0 amide bonds. The number of ether oxygens (including phenoxy) is 3. The fourth-order valence-electron chi connectivity index (χ4n) is 12.5. The van der Waals surface area contributed by atoms with E-state index < -0.39 is 30.7 Å². The number of rotatable bonds is 25. The SMILES string of the molecule is CCCCC/C=C\C/C=C\C/C=C\CCCCCCCCC(=O)OCC1OC(OC2CCC3(C)C(=CCC4C3CCC3(C)C(C(C)/C=C/C(C)C(C)C)CCC43)C2)C(O)C(O)C1O. The van der Waals surface area contributed by atoms with Gasteiger partial charge in [0.05, 0.1) is 6.10 Å². The Bertz CT molecular complexity index is 1510. The molecule has 7 nitrogen and oxygen atoms in total. The number of carbonyl (C=O) groups excluding carboxylic acids is 1. The second kappa shape index (κ2) is 25.8. The zero-order valence-corrected chi connectivity index (χ0v) is 40.9. The van der Waals surface area contributed by atoms with Crippen LogP contribution in [-0.4, -0.2) is 64.7 Å². The minimum Gasteiger partial charge on any atom is -0.463 e. The molecule has 5 rings (SSSR count). The molecule has 4 fully saturated rings. The van der Waals surface area contributed by atoms with E-state index in [1.165, 1.54) is 69.8 Å². The van der Waals surface area contributed by atoms with Gasteiger partial charge in [0.2, 0.25) is 0 Å². The first-order chi connectivity index (χ1) is 30.3. The molecule has 4 aliphatic carbocycles. The maximum Gasteiger partial charge on any atom is 0.305 e. The van der Waals surface area contributed by atoms with Crippen LogP contribution < -0.4 is 0 Å². The van der Waals surface area contributed by atoms with Crippen LogP contribution in [-0.2, 0) is 19.0 Å². The van der Waals surface area contributed by atoms with E-state index in [4.69, 9.17) is 14.2 Å². The van der Waals surface area contributed by atoms with Crippen molar-refractivity contribution in [2.24, 2.45) is 52.3 Å². The van der Waals surface area contributed by atoms with Crippen LogP contribution in [0.25, 0.3) is 0 Å². The molecule has 5 aliphatic rings. The van der Waals surface area contributed by atoms with Crippen molar-refractivity contribution in [3.8, 4) is 0 Å². The monoisotopic (exact) mass is 877 g/mol. The lowest BCUT2D eigenvalue weighted by Crippen LogP contribution is -2.60. The summed E-state index contributed by atoms with van der Waals surface area (Å²) in [5.74, 6) is 4.51. The van der Waals surface area contributed by atoms with Crippen molar-refractivity contribution in [1.82, 2.24) is 0 Å². The Morgan fingerprint density at radius 3 is 2.14 bits per heavy atom. The van der Waals surface area contributed by atoms with Crippen molar-refractivity contribution in [1.29, 1.82) is 0 Å². The number of aliphatic hydroxyl groups excluding tert-OH is 3. The Morgan fingerprint density at radius 1 is 0.778 bits per heavy atom. The van der Waals surface area contributed by atoms with Crippen molar-refractivity contribution in [2.75, 3.05) is 6.61 Å². The number of hydrogen-bond acceptors (Lipinski definition) is 7. The predicted octanol–water partition coefficient (Wildman–Crippen LogP) is 12.9. The van der Waals surface area contributed by atoms with Gasteiger partial charge in [-0.1, -0.05) is 147 Å².